The van der Waals surface area contributed by atoms with Crippen molar-refractivity contribution in [3.05, 3.63) is 90.0 Å². The number of anilines is 1. The number of rotatable bonds is 12. The van der Waals surface area contributed by atoms with Gasteiger partial charge in [0.15, 0.2) is 6.29 Å². The molecule has 0 radical (unpaired) electrons. The minimum atomic E-state index is -0.412. The van der Waals surface area contributed by atoms with Gasteiger partial charge in [0, 0.05) is 52.9 Å². The Balaban J connectivity index is 1.04. The number of ether oxygens (including phenoxy) is 3. The second-order valence-electron chi connectivity index (χ2n) is 11.7. The Bertz CT molecular complexity index is 1330. The van der Waals surface area contributed by atoms with Crippen LogP contribution in [0.3, 0.4) is 0 Å². The minimum Gasteiger partial charge on any atom is -0.446 e. The van der Waals surface area contributed by atoms with E-state index in [4.69, 9.17) is 14.2 Å². The normalized spacial score (nSPS) is 19.8. The van der Waals surface area contributed by atoms with E-state index in [-0.39, 0.29) is 18.1 Å². The molecule has 2 unspecified atom stereocenters. The van der Waals surface area contributed by atoms with Gasteiger partial charge in [0.25, 0.3) is 0 Å². The highest BCUT2D eigenvalue weighted by Crippen LogP contribution is 2.40. The first-order chi connectivity index (χ1) is 20.9. The molecule has 1 saturated carbocycles. The molecule has 0 spiro atoms. The lowest BCUT2D eigenvalue weighted by Gasteiger charge is -2.22. The fourth-order valence-electron chi connectivity index (χ4n) is 6.40. The third-order valence-electron chi connectivity index (χ3n) is 8.74. The zero-order chi connectivity index (χ0) is 30.2. The van der Waals surface area contributed by atoms with Crippen LogP contribution in [0.15, 0.2) is 78.9 Å². The third-order valence-corrected chi connectivity index (χ3v) is 8.74. The SMILES string of the molecule is COC(CN(C)C(=O)CCc1ccc(CN2CC3CC(OC(=O)Nc4ccccc4-c4ccccc4)C[C@H]3C2)cc1)OC. The van der Waals surface area contributed by atoms with E-state index in [1.807, 2.05) is 54.6 Å². The summed E-state index contributed by atoms with van der Waals surface area (Å²) in [4.78, 5) is 29.5. The summed E-state index contributed by atoms with van der Waals surface area (Å²) in [5, 5.41) is 2.98. The van der Waals surface area contributed by atoms with Crippen molar-refractivity contribution in [2.45, 2.75) is 44.6 Å². The fourth-order valence-corrected chi connectivity index (χ4v) is 6.40. The predicted molar refractivity (Wildman–Crippen MR) is 167 cm³/mol. The maximum atomic E-state index is 12.8. The van der Waals surface area contributed by atoms with Crippen LogP contribution in [0.25, 0.3) is 11.1 Å². The molecule has 2 amide bonds. The van der Waals surface area contributed by atoms with Gasteiger partial charge in [-0.25, -0.2) is 4.79 Å². The van der Waals surface area contributed by atoms with Crippen LogP contribution >= 0.6 is 0 Å². The number of para-hydroxylation sites is 1. The van der Waals surface area contributed by atoms with Crippen molar-refractivity contribution in [3.8, 4) is 11.1 Å². The van der Waals surface area contributed by atoms with Gasteiger partial charge in [-0.15, -0.1) is 0 Å². The number of aryl methyl sites for hydroxylation is 1. The van der Waals surface area contributed by atoms with E-state index in [2.05, 4.69) is 34.5 Å². The lowest BCUT2D eigenvalue weighted by Crippen LogP contribution is -2.36. The van der Waals surface area contributed by atoms with Gasteiger partial charge < -0.3 is 19.1 Å². The van der Waals surface area contributed by atoms with E-state index in [0.717, 1.165) is 54.9 Å². The first-order valence-electron chi connectivity index (χ1n) is 15.1. The van der Waals surface area contributed by atoms with Gasteiger partial charge >= 0.3 is 6.09 Å². The molecule has 5 rings (SSSR count). The van der Waals surface area contributed by atoms with Crippen molar-refractivity contribution in [2.24, 2.45) is 11.8 Å². The molecule has 43 heavy (non-hydrogen) atoms. The minimum absolute atomic E-state index is 0.0445. The molecule has 2 fully saturated rings. The highest BCUT2D eigenvalue weighted by Gasteiger charge is 2.42. The summed E-state index contributed by atoms with van der Waals surface area (Å²) >= 11 is 0. The zero-order valence-electron chi connectivity index (χ0n) is 25.4. The number of methoxy groups -OCH3 is 2. The fraction of sp³-hybridized carbons (Fsp3) is 0.429. The number of hydrogen-bond acceptors (Lipinski definition) is 6. The molecule has 1 heterocycles. The Morgan fingerprint density at radius 2 is 1.51 bits per heavy atom. The lowest BCUT2D eigenvalue weighted by molar-refractivity contribution is -0.143. The van der Waals surface area contributed by atoms with Gasteiger partial charge in [-0.3, -0.25) is 15.0 Å². The molecule has 0 aromatic heterocycles. The van der Waals surface area contributed by atoms with Crippen molar-refractivity contribution < 1.29 is 23.8 Å². The number of nitrogens with zero attached hydrogens (tertiary/aromatic N) is 2. The first-order valence-corrected chi connectivity index (χ1v) is 15.1. The van der Waals surface area contributed by atoms with E-state index in [1.165, 1.54) is 5.56 Å². The van der Waals surface area contributed by atoms with Crippen molar-refractivity contribution in [3.63, 3.8) is 0 Å². The number of nitrogens with one attached hydrogen (secondary N) is 1. The summed E-state index contributed by atoms with van der Waals surface area (Å²) < 4.78 is 16.3. The molecule has 3 aromatic rings. The summed E-state index contributed by atoms with van der Waals surface area (Å²) in [6.45, 7) is 3.36. The van der Waals surface area contributed by atoms with Gasteiger partial charge in [0.05, 0.1) is 12.2 Å². The standard InChI is InChI=1S/C35H43N3O5/c1-37(24-34(41-2)42-3)33(39)18-17-25-13-15-26(16-14-25)21-38-22-28-19-30(20-29(28)23-38)43-35(40)36-32-12-8-7-11-31(32)27-9-5-4-6-10-27/h4-16,28-30,34H,17-24H2,1-3H3,(H,36,40)/t28-,29?,30?/m0/s1. The van der Waals surface area contributed by atoms with Gasteiger partial charge in [0.2, 0.25) is 5.91 Å². The monoisotopic (exact) mass is 585 g/mol. The maximum absolute atomic E-state index is 12.8. The number of carbonyl (C=O) groups is 2. The molecule has 1 aliphatic heterocycles. The maximum Gasteiger partial charge on any atom is 0.411 e. The van der Waals surface area contributed by atoms with Gasteiger partial charge in [-0.2, -0.15) is 0 Å². The Morgan fingerprint density at radius 3 is 2.19 bits per heavy atom. The van der Waals surface area contributed by atoms with Crippen LogP contribution in [0, 0.1) is 11.8 Å². The van der Waals surface area contributed by atoms with Crippen LogP contribution in [0.5, 0.6) is 0 Å². The average molecular weight is 586 g/mol. The number of likely N-dealkylation sites (N-methyl/N-ethyl adjacent to an activating group) is 1. The molecule has 1 saturated heterocycles. The van der Waals surface area contributed by atoms with Crippen molar-refractivity contribution in [1.82, 2.24) is 9.80 Å². The smallest absolute Gasteiger partial charge is 0.411 e. The number of amides is 2. The molecule has 1 N–H and O–H groups in total. The third kappa shape index (κ3) is 8.22. The molecular weight excluding hydrogens is 542 g/mol. The number of hydrogen-bond donors (Lipinski definition) is 1. The van der Waals surface area contributed by atoms with Crippen molar-refractivity contribution >= 4 is 17.7 Å². The number of carbonyl (C=O) groups excluding carboxylic acids is 2. The highest BCUT2D eigenvalue weighted by atomic mass is 16.7. The first kappa shape index (κ1) is 30.7. The van der Waals surface area contributed by atoms with Gasteiger partial charge in [-0.1, -0.05) is 72.8 Å². The quantitative estimate of drug-likeness (QED) is 0.270. The Labute approximate surface area is 254 Å². The number of benzene rings is 3. The molecule has 1 aliphatic carbocycles. The molecule has 8 nitrogen and oxygen atoms in total. The van der Waals surface area contributed by atoms with Crippen LogP contribution in [0.2, 0.25) is 0 Å². The van der Waals surface area contributed by atoms with Crippen LogP contribution in [-0.2, 0) is 32.0 Å². The molecule has 2 aliphatic rings. The number of fused-ring (bicyclic) bond motifs is 1. The van der Waals surface area contributed by atoms with Crippen molar-refractivity contribution in [1.29, 1.82) is 0 Å². The van der Waals surface area contributed by atoms with Gasteiger partial charge in [0.1, 0.15) is 6.10 Å². The molecule has 8 heteroatoms. The Morgan fingerprint density at radius 1 is 0.884 bits per heavy atom. The summed E-state index contributed by atoms with van der Waals surface area (Å²) in [6, 6.07) is 26.5. The topological polar surface area (TPSA) is 80.3 Å². The Kier molecular flexibility index (Phi) is 10.5. The molecular formula is C35H43N3O5. The van der Waals surface area contributed by atoms with E-state index in [1.54, 1.807) is 26.2 Å². The average Bonchev–Trinajstić information content (AvgIpc) is 3.57. The lowest BCUT2D eigenvalue weighted by atomic mass is 10.0. The summed E-state index contributed by atoms with van der Waals surface area (Å²) in [5.41, 5.74) is 5.23. The van der Waals surface area contributed by atoms with Crippen LogP contribution < -0.4 is 5.32 Å². The molecule has 3 atom stereocenters. The second kappa shape index (κ2) is 14.6. The van der Waals surface area contributed by atoms with Crippen LogP contribution in [0.4, 0.5) is 10.5 Å². The Hall–Kier alpha value is -3.72. The van der Waals surface area contributed by atoms with E-state index < -0.39 is 6.29 Å². The molecule has 3 aromatic carbocycles. The van der Waals surface area contributed by atoms with Crippen LogP contribution in [0.1, 0.15) is 30.4 Å². The summed E-state index contributed by atoms with van der Waals surface area (Å²) in [5.74, 6) is 1.17. The van der Waals surface area contributed by atoms with Gasteiger partial charge in [-0.05, 0) is 53.9 Å². The predicted octanol–water partition coefficient (Wildman–Crippen LogP) is 5.82. The van der Waals surface area contributed by atoms with E-state index >= 15 is 0 Å². The second-order valence-corrected chi connectivity index (χ2v) is 11.7. The molecule has 0 bridgehead atoms. The van der Waals surface area contributed by atoms with E-state index in [0.29, 0.717) is 31.2 Å². The zero-order valence-corrected chi connectivity index (χ0v) is 25.4. The molecule has 228 valence electrons. The highest BCUT2D eigenvalue weighted by molar-refractivity contribution is 5.91. The largest absolute Gasteiger partial charge is 0.446 e. The summed E-state index contributed by atoms with van der Waals surface area (Å²) in [7, 11) is 4.92. The summed E-state index contributed by atoms with van der Waals surface area (Å²) in [6.07, 6.45) is 2.13. The number of likely N-dealkylation sites (tertiary alicyclic amines) is 1. The van der Waals surface area contributed by atoms with Crippen LogP contribution in [-0.4, -0.2) is 75.1 Å². The van der Waals surface area contributed by atoms with Crippen molar-refractivity contribution in [2.75, 3.05) is 46.2 Å². The van der Waals surface area contributed by atoms with E-state index in [9.17, 15) is 9.59 Å².